The summed E-state index contributed by atoms with van der Waals surface area (Å²) in [6, 6.07) is 5.52. The number of carboxylic acids is 2. The van der Waals surface area contributed by atoms with Crippen LogP contribution in [0.1, 0.15) is 17.3 Å². The van der Waals surface area contributed by atoms with Crippen molar-refractivity contribution in [1.29, 1.82) is 0 Å². The van der Waals surface area contributed by atoms with Crippen LogP contribution in [0.5, 0.6) is 0 Å². The number of aromatic nitrogens is 1. The van der Waals surface area contributed by atoms with E-state index >= 15 is 0 Å². The third-order valence-electron chi connectivity index (χ3n) is 3.25. The monoisotopic (exact) mass is 406 g/mol. The molecule has 27 heavy (non-hydrogen) atoms. The standard InChI is InChI=1S/C14H16N2O3S.C2HF3O2/c1-2-16-8-11(14(18)19)13(17)10-7-9(20-6-5-15)3-4-12(10)16;3-2(4,5)1(6)7/h3-4,7-8H,2,5-6,15H2,1H3,(H,18,19);(H,6,7). The fourth-order valence-corrected chi connectivity index (χ4v) is 2.78. The number of alkyl halides is 3. The van der Waals surface area contributed by atoms with Gasteiger partial charge in [-0.2, -0.15) is 13.2 Å². The third-order valence-corrected chi connectivity index (χ3v) is 4.28. The predicted octanol–water partition coefficient (Wildman–Crippen LogP) is 2.40. The number of benzene rings is 1. The Hall–Kier alpha value is -2.53. The summed E-state index contributed by atoms with van der Waals surface area (Å²) in [4.78, 5) is 33.2. The molecule has 2 aromatic rings. The molecule has 0 aliphatic rings. The summed E-state index contributed by atoms with van der Waals surface area (Å²) < 4.78 is 33.5. The highest BCUT2D eigenvalue weighted by molar-refractivity contribution is 7.99. The zero-order valence-corrected chi connectivity index (χ0v) is 14.9. The van der Waals surface area contributed by atoms with Crippen LogP contribution in [0.25, 0.3) is 10.9 Å². The smallest absolute Gasteiger partial charge is 0.477 e. The summed E-state index contributed by atoms with van der Waals surface area (Å²) in [5.41, 5.74) is 5.58. The van der Waals surface area contributed by atoms with E-state index < -0.39 is 23.5 Å². The molecule has 0 saturated heterocycles. The van der Waals surface area contributed by atoms with Crippen LogP contribution in [0.3, 0.4) is 0 Å². The highest BCUT2D eigenvalue weighted by Crippen LogP contribution is 2.22. The number of nitrogens with two attached hydrogens (primary N) is 1. The molecule has 2 rings (SSSR count). The maximum Gasteiger partial charge on any atom is 0.490 e. The van der Waals surface area contributed by atoms with Gasteiger partial charge in [0.1, 0.15) is 5.56 Å². The van der Waals surface area contributed by atoms with Crippen molar-refractivity contribution in [2.45, 2.75) is 24.5 Å². The minimum atomic E-state index is -5.08. The number of aliphatic carboxylic acids is 1. The quantitative estimate of drug-likeness (QED) is 0.652. The van der Waals surface area contributed by atoms with Crippen LogP contribution < -0.4 is 11.2 Å². The van der Waals surface area contributed by atoms with Gasteiger partial charge in [-0.25, -0.2) is 9.59 Å². The lowest BCUT2D eigenvalue weighted by molar-refractivity contribution is -0.192. The van der Waals surface area contributed by atoms with E-state index in [0.29, 0.717) is 18.5 Å². The summed E-state index contributed by atoms with van der Waals surface area (Å²) in [6.07, 6.45) is -3.68. The highest BCUT2D eigenvalue weighted by atomic mass is 32.2. The molecule has 0 amide bonds. The molecular formula is C16H17F3N2O5S. The van der Waals surface area contributed by atoms with Gasteiger partial charge >= 0.3 is 18.1 Å². The largest absolute Gasteiger partial charge is 0.490 e. The minimum absolute atomic E-state index is 0.194. The maximum atomic E-state index is 12.2. The Balaban J connectivity index is 0.000000445. The van der Waals surface area contributed by atoms with E-state index in [9.17, 15) is 22.8 Å². The second-order valence-electron chi connectivity index (χ2n) is 5.08. The lowest BCUT2D eigenvalue weighted by atomic mass is 10.1. The molecule has 0 unspecified atom stereocenters. The van der Waals surface area contributed by atoms with Crippen LogP contribution in [0, 0.1) is 0 Å². The van der Waals surface area contributed by atoms with E-state index in [1.807, 2.05) is 19.1 Å². The van der Waals surface area contributed by atoms with Gasteiger partial charge in [-0.3, -0.25) is 4.79 Å². The second kappa shape index (κ2) is 9.42. The lowest BCUT2D eigenvalue weighted by Gasteiger charge is -2.11. The van der Waals surface area contributed by atoms with E-state index in [4.69, 9.17) is 20.7 Å². The van der Waals surface area contributed by atoms with Gasteiger partial charge in [0, 0.05) is 35.3 Å². The number of fused-ring (bicyclic) bond motifs is 1. The first kappa shape index (κ1) is 22.5. The molecule has 1 aromatic heterocycles. The number of rotatable bonds is 5. The van der Waals surface area contributed by atoms with Crippen molar-refractivity contribution in [2.75, 3.05) is 12.3 Å². The van der Waals surface area contributed by atoms with Crippen LogP contribution >= 0.6 is 11.8 Å². The number of hydrogen-bond donors (Lipinski definition) is 3. The van der Waals surface area contributed by atoms with Crippen molar-refractivity contribution in [3.63, 3.8) is 0 Å². The Labute approximate surface area is 155 Å². The summed E-state index contributed by atoms with van der Waals surface area (Å²) in [6.45, 7) is 3.07. The number of thioether (sulfide) groups is 1. The van der Waals surface area contributed by atoms with Crippen LogP contribution in [-0.2, 0) is 11.3 Å². The van der Waals surface area contributed by atoms with E-state index in [1.54, 1.807) is 22.4 Å². The Bertz CT molecular complexity index is 896. The summed E-state index contributed by atoms with van der Waals surface area (Å²) in [5, 5.41) is 16.7. The molecule has 0 spiro atoms. The number of halogens is 3. The summed E-state index contributed by atoms with van der Waals surface area (Å²) in [5.74, 6) is -3.20. The molecule has 0 radical (unpaired) electrons. The van der Waals surface area contributed by atoms with Gasteiger partial charge in [0.25, 0.3) is 0 Å². The van der Waals surface area contributed by atoms with E-state index in [1.165, 1.54) is 6.20 Å². The highest BCUT2D eigenvalue weighted by Gasteiger charge is 2.38. The topological polar surface area (TPSA) is 123 Å². The van der Waals surface area contributed by atoms with E-state index in [2.05, 4.69) is 0 Å². The summed E-state index contributed by atoms with van der Waals surface area (Å²) >= 11 is 1.55. The molecule has 0 bridgehead atoms. The number of carboxylic acid groups (broad SMARTS) is 2. The Morgan fingerprint density at radius 3 is 2.30 bits per heavy atom. The van der Waals surface area contributed by atoms with Gasteiger partial charge in [0.05, 0.1) is 5.52 Å². The van der Waals surface area contributed by atoms with Gasteiger partial charge in [0.15, 0.2) is 0 Å². The van der Waals surface area contributed by atoms with Crippen molar-refractivity contribution >= 4 is 34.6 Å². The van der Waals surface area contributed by atoms with Crippen molar-refractivity contribution in [1.82, 2.24) is 4.57 Å². The molecule has 1 aromatic carbocycles. The zero-order valence-electron chi connectivity index (χ0n) is 14.1. The molecule has 0 aliphatic heterocycles. The Kier molecular flexibility index (Phi) is 7.85. The predicted molar refractivity (Wildman–Crippen MR) is 94.3 cm³/mol. The number of pyridine rings is 1. The molecule has 0 saturated carbocycles. The first-order valence-electron chi connectivity index (χ1n) is 7.56. The molecule has 0 fully saturated rings. The third kappa shape index (κ3) is 6.00. The van der Waals surface area contributed by atoms with E-state index in [-0.39, 0.29) is 5.56 Å². The molecule has 0 aliphatic carbocycles. The SMILES string of the molecule is CCn1cc(C(=O)O)c(=O)c2cc(SCCN)ccc21.O=C(O)C(F)(F)F. The lowest BCUT2D eigenvalue weighted by Crippen LogP contribution is -2.21. The van der Waals surface area contributed by atoms with Gasteiger partial charge in [-0.05, 0) is 25.1 Å². The molecular weight excluding hydrogens is 389 g/mol. The number of hydrogen-bond acceptors (Lipinski definition) is 5. The average Bonchev–Trinajstić information content (AvgIpc) is 2.60. The van der Waals surface area contributed by atoms with Crippen LogP contribution in [-0.4, -0.2) is 45.2 Å². The van der Waals surface area contributed by atoms with Crippen LogP contribution in [0.15, 0.2) is 34.1 Å². The van der Waals surface area contributed by atoms with E-state index in [0.717, 1.165) is 16.2 Å². The van der Waals surface area contributed by atoms with Crippen LogP contribution in [0.2, 0.25) is 0 Å². The van der Waals surface area contributed by atoms with Crippen molar-refractivity contribution in [3.05, 3.63) is 40.2 Å². The fourth-order valence-electron chi connectivity index (χ4n) is 2.06. The van der Waals surface area contributed by atoms with Gasteiger partial charge in [-0.1, -0.05) is 0 Å². The molecule has 0 atom stereocenters. The van der Waals surface area contributed by atoms with Crippen molar-refractivity contribution in [2.24, 2.45) is 5.73 Å². The second-order valence-corrected chi connectivity index (χ2v) is 6.25. The average molecular weight is 406 g/mol. The number of aryl methyl sites for hydroxylation is 1. The molecule has 1 heterocycles. The van der Waals surface area contributed by atoms with Crippen molar-refractivity contribution in [3.8, 4) is 0 Å². The Morgan fingerprint density at radius 2 is 1.85 bits per heavy atom. The maximum absolute atomic E-state index is 12.2. The van der Waals surface area contributed by atoms with Gasteiger partial charge < -0.3 is 20.5 Å². The summed E-state index contributed by atoms with van der Waals surface area (Å²) in [7, 11) is 0. The zero-order chi connectivity index (χ0) is 20.8. The Morgan fingerprint density at radius 1 is 1.26 bits per heavy atom. The molecule has 148 valence electrons. The molecule has 4 N–H and O–H groups in total. The molecule has 11 heteroatoms. The first-order valence-corrected chi connectivity index (χ1v) is 8.55. The van der Waals surface area contributed by atoms with Crippen LogP contribution in [0.4, 0.5) is 13.2 Å². The number of nitrogens with zero attached hydrogens (tertiary/aromatic N) is 1. The normalized spacial score (nSPS) is 11.0. The van der Waals surface area contributed by atoms with Gasteiger partial charge in [-0.15, -0.1) is 11.8 Å². The number of carbonyl (C=O) groups is 2. The number of aromatic carboxylic acids is 1. The fraction of sp³-hybridized carbons (Fsp3) is 0.312. The molecule has 7 nitrogen and oxygen atoms in total. The van der Waals surface area contributed by atoms with Gasteiger partial charge in [0.2, 0.25) is 5.43 Å². The first-order chi connectivity index (χ1) is 12.5. The minimum Gasteiger partial charge on any atom is -0.477 e. The van der Waals surface area contributed by atoms with Crippen molar-refractivity contribution < 1.29 is 33.0 Å².